The summed E-state index contributed by atoms with van der Waals surface area (Å²) in [7, 11) is 0. The van der Waals surface area contributed by atoms with Gasteiger partial charge in [-0.2, -0.15) is 0 Å². The monoisotopic (exact) mass is 448 g/mol. The Hall–Kier alpha value is -3.19. The first-order chi connectivity index (χ1) is 15.7. The summed E-state index contributed by atoms with van der Waals surface area (Å²) in [5, 5.41) is 3.71. The molecule has 0 saturated carbocycles. The van der Waals surface area contributed by atoms with Crippen LogP contribution in [0.4, 0.5) is 4.39 Å². The fraction of sp³-hybridized carbons (Fsp3) is 0.240. The minimum Gasteiger partial charge on any atom is -0.352 e. The number of benzene rings is 2. The number of unbranched alkanes of at least 4 members (excludes halogenated alkanes) is 1. The van der Waals surface area contributed by atoms with Crippen LogP contribution in [0.1, 0.15) is 41.3 Å². The molecule has 2 aromatic heterocycles. The third-order valence-electron chi connectivity index (χ3n) is 5.15. The Morgan fingerprint density at radius 3 is 2.69 bits per heavy atom. The summed E-state index contributed by atoms with van der Waals surface area (Å²) in [5.74, 6) is 0.391. The van der Waals surface area contributed by atoms with Gasteiger partial charge in [0.2, 0.25) is 0 Å². The van der Waals surface area contributed by atoms with Crippen LogP contribution in [0.25, 0.3) is 11.2 Å². The van der Waals surface area contributed by atoms with E-state index in [1.807, 2.05) is 47.0 Å². The Morgan fingerprint density at radius 1 is 1.09 bits per heavy atom. The van der Waals surface area contributed by atoms with Gasteiger partial charge in [0, 0.05) is 29.6 Å². The molecule has 2 heterocycles. The van der Waals surface area contributed by atoms with Crippen LogP contribution < -0.4 is 5.32 Å². The molecular weight excluding hydrogens is 423 g/mol. The van der Waals surface area contributed by atoms with Crippen molar-refractivity contribution in [2.75, 3.05) is 6.54 Å². The van der Waals surface area contributed by atoms with E-state index in [1.165, 1.54) is 6.07 Å². The number of carbonyl (C=O) groups excluding carboxylic acids is 1. The number of thioether (sulfide) groups is 1. The number of nitrogens with one attached hydrogen (secondary N) is 1. The maximum Gasteiger partial charge on any atom is 0.251 e. The molecule has 1 amide bonds. The first-order valence-corrected chi connectivity index (χ1v) is 11.7. The number of nitrogens with zero attached hydrogens (tertiary/aromatic N) is 3. The Bertz CT molecular complexity index is 1210. The van der Waals surface area contributed by atoms with E-state index in [1.54, 1.807) is 30.1 Å². The number of rotatable bonds is 9. The highest BCUT2D eigenvalue weighted by atomic mass is 32.2. The van der Waals surface area contributed by atoms with Crippen LogP contribution in [0.5, 0.6) is 0 Å². The molecular formula is C25H25FN4OS. The first-order valence-electron chi connectivity index (χ1n) is 10.7. The lowest BCUT2D eigenvalue weighted by atomic mass is 10.1. The number of amides is 1. The lowest BCUT2D eigenvalue weighted by molar-refractivity contribution is 0.0953. The number of imidazole rings is 1. The number of pyridine rings is 1. The number of hydrogen-bond donors (Lipinski definition) is 1. The van der Waals surface area contributed by atoms with Crippen molar-refractivity contribution in [3.63, 3.8) is 0 Å². The van der Waals surface area contributed by atoms with E-state index in [9.17, 15) is 9.18 Å². The summed E-state index contributed by atoms with van der Waals surface area (Å²) in [6.07, 6.45) is 3.75. The molecule has 164 valence electrons. The number of carbonyl (C=O) groups is 1. The fourth-order valence-electron chi connectivity index (χ4n) is 3.37. The van der Waals surface area contributed by atoms with Crippen molar-refractivity contribution < 1.29 is 9.18 Å². The number of hydrogen-bond acceptors (Lipinski definition) is 4. The van der Waals surface area contributed by atoms with E-state index in [0.717, 1.165) is 34.7 Å². The predicted octanol–water partition coefficient (Wildman–Crippen LogP) is 5.44. The zero-order valence-electron chi connectivity index (χ0n) is 17.9. The van der Waals surface area contributed by atoms with Crippen molar-refractivity contribution in [3.8, 4) is 0 Å². The molecule has 0 radical (unpaired) electrons. The maximum absolute atomic E-state index is 14.3. The second kappa shape index (κ2) is 10.4. The van der Waals surface area contributed by atoms with Gasteiger partial charge in [-0.3, -0.25) is 9.36 Å². The molecule has 0 aliphatic heterocycles. The fourth-order valence-corrected chi connectivity index (χ4v) is 4.33. The number of aromatic nitrogens is 3. The van der Waals surface area contributed by atoms with Gasteiger partial charge in [0.05, 0.1) is 6.54 Å². The highest BCUT2D eigenvalue weighted by Crippen LogP contribution is 2.27. The predicted molar refractivity (Wildman–Crippen MR) is 126 cm³/mol. The molecule has 0 aliphatic carbocycles. The average Bonchev–Trinajstić information content (AvgIpc) is 3.17. The minimum absolute atomic E-state index is 0.0459. The van der Waals surface area contributed by atoms with Crippen LogP contribution >= 0.6 is 11.8 Å². The third kappa shape index (κ3) is 5.16. The molecule has 0 bridgehead atoms. The van der Waals surface area contributed by atoms with Crippen molar-refractivity contribution in [1.82, 2.24) is 19.9 Å². The minimum atomic E-state index is -0.242. The van der Waals surface area contributed by atoms with E-state index in [2.05, 4.69) is 17.2 Å². The van der Waals surface area contributed by atoms with Gasteiger partial charge in [-0.25, -0.2) is 14.4 Å². The molecule has 0 atom stereocenters. The summed E-state index contributed by atoms with van der Waals surface area (Å²) in [6.45, 7) is 3.15. The summed E-state index contributed by atoms with van der Waals surface area (Å²) in [6, 6.07) is 18.1. The maximum atomic E-state index is 14.3. The van der Waals surface area contributed by atoms with Gasteiger partial charge in [0.15, 0.2) is 10.8 Å². The summed E-state index contributed by atoms with van der Waals surface area (Å²) < 4.78 is 16.2. The van der Waals surface area contributed by atoms with Crippen LogP contribution in [0, 0.1) is 5.82 Å². The average molecular weight is 449 g/mol. The highest BCUT2D eigenvalue weighted by Gasteiger charge is 2.14. The highest BCUT2D eigenvalue weighted by molar-refractivity contribution is 7.98. The molecule has 0 fully saturated rings. The van der Waals surface area contributed by atoms with Crippen molar-refractivity contribution in [3.05, 3.63) is 89.4 Å². The zero-order chi connectivity index (χ0) is 22.3. The molecule has 2 aromatic carbocycles. The van der Waals surface area contributed by atoms with Crippen LogP contribution in [-0.4, -0.2) is 27.0 Å². The Kier molecular flexibility index (Phi) is 7.17. The van der Waals surface area contributed by atoms with E-state index in [0.29, 0.717) is 30.0 Å². The van der Waals surface area contributed by atoms with Crippen molar-refractivity contribution in [2.45, 2.75) is 37.2 Å². The molecule has 32 heavy (non-hydrogen) atoms. The summed E-state index contributed by atoms with van der Waals surface area (Å²) >= 11 is 1.57. The largest absolute Gasteiger partial charge is 0.352 e. The van der Waals surface area contributed by atoms with E-state index in [4.69, 9.17) is 4.98 Å². The molecule has 0 aliphatic rings. The van der Waals surface area contributed by atoms with E-state index in [-0.39, 0.29) is 11.7 Å². The van der Waals surface area contributed by atoms with Crippen LogP contribution in [0.3, 0.4) is 0 Å². The molecule has 0 saturated heterocycles. The Morgan fingerprint density at radius 2 is 1.91 bits per heavy atom. The topological polar surface area (TPSA) is 59.8 Å². The lowest BCUT2D eigenvalue weighted by Crippen LogP contribution is -2.24. The molecule has 5 nitrogen and oxygen atoms in total. The molecule has 4 aromatic rings. The van der Waals surface area contributed by atoms with E-state index >= 15 is 0 Å². The molecule has 0 unspecified atom stereocenters. The molecule has 0 spiro atoms. The van der Waals surface area contributed by atoms with Crippen LogP contribution in [-0.2, 0) is 12.3 Å². The van der Waals surface area contributed by atoms with Gasteiger partial charge < -0.3 is 5.32 Å². The van der Waals surface area contributed by atoms with Gasteiger partial charge >= 0.3 is 0 Å². The molecule has 4 rings (SSSR count). The van der Waals surface area contributed by atoms with Gasteiger partial charge in [0.1, 0.15) is 11.3 Å². The second-order valence-corrected chi connectivity index (χ2v) is 8.46. The number of fused-ring (bicyclic) bond motifs is 1. The van der Waals surface area contributed by atoms with Gasteiger partial charge in [0.25, 0.3) is 5.91 Å². The van der Waals surface area contributed by atoms with Crippen LogP contribution in [0.15, 0.2) is 72.0 Å². The molecule has 1 N–H and O–H groups in total. The standard InChI is InChI=1S/C25H25FN4OS/c1-2-3-14-28-24(31)19-12-10-18(11-13-19)17-32-25-29-22-9-6-15-27-23(22)30(25)16-20-7-4-5-8-21(20)26/h4-13,15H,2-3,14,16-17H2,1H3,(H,28,31). The normalized spacial score (nSPS) is 11.1. The smallest absolute Gasteiger partial charge is 0.251 e. The van der Waals surface area contributed by atoms with Gasteiger partial charge in [-0.15, -0.1) is 0 Å². The quantitative estimate of drug-likeness (QED) is 0.274. The van der Waals surface area contributed by atoms with Crippen LogP contribution in [0.2, 0.25) is 0 Å². The van der Waals surface area contributed by atoms with E-state index < -0.39 is 0 Å². The van der Waals surface area contributed by atoms with Gasteiger partial charge in [-0.05, 0) is 42.3 Å². The zero-order valence-corrected chi connectivity index (χ0v) is 18.7. The van der Waals surface area contributed by atoms with Crippen molar-refractivity contribution in [1.29, 1.82) is 0 Å². The first kappa shape index (κ1) is 22.0. The summed E-state index contributed by atoms with van der Waals surface area (Å²) in [4.78, 5) is 21.4. The SMILES string of the molecule is CCCCNC(=O)c1ccc(CSc2nc3cccnc3n2Cc2ccccc2F)cc1. The molecule has 7 heteroatoms. The number of halogens is 1. The van der Waals surface area contributed by atoms with Crippen molar-refractivity contribution >= 4 is 28.8 Å². The third-order valence-corrected chi connectivity index (χ3v) is 6.20. The lowest BCUT2D eigenvalue weighted by Gasteiger charge is -2.10. The van der Waals surface area contributed by atoms with Gasteiger partial charge in [-0.1, -0.05) is 55.4 Å². The Balaban J connectivity index is 1.50. The Labute approximate surface area is 191 Å². The van der Waals surface area contributed by atoms with Crippen molar-refractivity contribution in [2.24, 2.45) is 0 Å². The summed E-state index contributed by atoms with van der Waals surface area (Å²) in [5.41, 5.74) is 3.85. The second-order valence-electron chi connectivity index (χ2n) is 7.51.